The molecule has 4 heteroatoms. The molecule has 2 unspecified atom stereocenters. The van der Waals surface area contributed by atoms with E-state index in [-0.39, 0.29) is 27.6 Å². The highest BCUT2D eigenvalue weighted by atomic mass is 32.2. The summed E-state index contributed by atoms with van der Waals surface area (Å²) in [5.41, 5.74) is 0.00250. The van der Waals surface area contributed by atoms with Gasteiger partial charge >= 0.3 is 0 Å². The molecule has 0 spiro atoms. The smallest absolute Gasteiger partial charge is 0.156 e. The largest absolute Gasteiger partial charge is 0.299 e. The van der Waals surface area contributed by atoms with Gasteiger partial charge in [0.05, 0.1) is 10.5 Å². The molecule has 0 saturated carbocycles. The van der Waals surface area contributed by atoms with Gasteiger partial charge in [-0.3, -0.25) is 4.79 Å². The number of hydrogen-bond donors (Lipinski definition) is 0. The average molecular weight is 272 g/mol. The molecule has 0 aliphatic carbocycles. The van der Waals surface area contributed by atoms with Crippen LogP contribution in [0.2, 0.25) is 0 Å². The van der Waals surface area contributed by atoms with Crippen molar-refractivity contribution in [1.82, 2.24) is 0 Å². The number of hydrogen-bond acceptors (Lipinski definition) is 3. The Bertz CT molecular complexity index is 410. The number of carbonyl (C=O) groups excluding carboxylic acids is 1. The number of ketones is 1. The first-order valence-electron chi connectivity index (χ1n) is 6.95. The lowest BCUT2D eigenvalue weighted by Crippen LogP contribution is -2.45. The van der Waals surface area contributed by atoms with Crippen molar-refractivity contribution < 1.29 is 13.2 Å². The van der Waals surface area contributed by atoms with E-state index in [4.69, 9.17) is 0 Å². The van der Waals surface area contributed by atoms with E-state index in [1.807, 2.05) is 0 Å². The van der Waals surface area contributed by atoms with E-state index in [0.29, 0.717) is 19.3 Å². The van der Waals surface area contributed by atoms with Crippen LogP contribution in [0.25, 0.3) is 0 Å². The minimum absolute atomic E-state index is 0.00250. The molecule has 104 valence electrons. The lowest BCUT2D eigenvalue weighted by molar-refractivity contribution is -0.125. The van der Waals surface area contributed by atoms with Crippen molar-refractivity contribution in [3.63, 3.8) is 0 Å². The second-order valence-corrected chi connectivity index (χ2v) is 9.65. The van der Waals surface area contributed by atoms with Crippen LogP contribution in [0.4, 0.5) is 0 Å². The minimum Gasteiger partial charge on any atom is -0.299 e. The maximum atomic E-state index is 12.3. The molecule has 0 N–H and O–H groups in total. The van der Waals surface area contributed by atoms with Crippen LogP contribution in [-0.2, 0) is 14.6 Å². The van der Waals surface area contributed by atoms with Crippen LogP contribution >= 0.6 is 0 Å². The first-order chi connectivity index (χ1) is 8.20. The van der Waals surface area contributed by atoms with Crippen LogP contribution in [0, 0.1) is 11.3 Å². The van der Waals surface area contributed by atoms with E-state index in [0.717, 1.165) is 19.3 Å². The number of fused-ring (bicyclic) bond motifs is 2. The van der Waals surface area contributed by atoms with Gasteiger partial charge in [-0.1, -0.05) is 27.2 Å². The molecule has 2 atom stereocenters. The third-order valence-corrected chi connectivity index (χ3v) is 6.95. The van der Waals surface area contributed by atoms with Crippen molar-refractivity contribution in [1.29, 1.82) is 0 Å². The molecule has 2 saturated heterocycles. The van der Waals surface area contributed by atoms with Crippen molar-refractivity contribution in [3.8, 4) is 0 Å². The quantitative estimate of drug-likeness (QED) is 0.776. The molecular formula is C14H24O3S. The third-order valence-electron chi connectivity index (χ3n) is 4.24. The summed E-state index contributed by atoms with van der Waals surface area (Å²) >= 11 is 0. The van der Waals surface area contributed by atoms with Gasteiger partial charge in [0, 0.05) is 12.3 Å². The van der Waals surface area contributed by atoms with Crippen LogP contribution in [0.5, 0.6) is 0 Å². The van der Waals surface area contributed by atoms with Gasteiger partial charge in [-0.15, -0.1) is 0 Å². The Hall–Kier alpha value is -0.380. The Labute approximate surface area is 110 Å². The Morgan fingerprint density at radius 1 is 1.11 bits per heavy atom. The van der Waals surface area contributed by atoms with Gasteiger partial charge in [0.25, 0.3) is 0 Å². The Morgan fingerprint density at radius 3 is 2.06 bits per heavy atom. The van der Waals surface area contributed by atoms with E-state index >= 15 is 0 Å². The van der Waals surface area contributed by atoms with Gasteiger partial charge in [0.1, 0.15) is 5.78 Å². The molecular weight excluding hydrogens is 248 g/mol. The van der Waals surface area contributed by atoms with E-state index in [1.54, 1.807) is 0 Å². The van der Waals surface area contributed by atoms with E-state index < -0.39 is 9.84 Å². The highest BCUT2D eigenvalue weighted by molar-refractivity contribution is 7.92. The molecule has 2 rings (SSSR count). The summed E-state index contributed by atoms with van der Waals surface area (Å²) in [5.74, 6) is 0.261. The highest BCUT2D eigenvalue weighted by Gasteiger charge is 2.46. The molecule has 3 nitrogen and oxygen atoms in total. The van der Waals surface area contributed by atoms with Gasteiger partial charge < -0.3 is 0 Å². The van der Waals surface area contributed by atoms with E-state index in [2.05, 4.69) is 20.8 Å². The summed E-state index contributed by atoms with van der Waals surface area (Å²) in [6.45, 7) is 6.18. The molecule has 2 bridgehead atoms. The summed E-state index contributed by atoms with van der Waals surface area (Å²) in [7, 11) is -2.93. The second kappa shape index (κ2) is 4.62. The third kappa shape index (κ3) is 2.79. The van der Waals surface area contributed by atoms with Gasteiger partial charge in [-0.2, -0.15) is 0 Å². The van der Waals surface area contributed by atoms with Crippen LogP contribution in [0.1, 0.15) is 59.3 Å². The zero-order chi connectivity index (χ0) is 13.6. The van der Waals surface area contributed by atoms with Crippen LogP contribution < -0.4 is 0 Å². The number of rotatable bonds is 2. The zero-order valence-electron chi connectivity index (χ0n) is 11.6. The SMILES string of the molecule is CC(C)(C)CC(=O)C1CC2CCCC(C1)S2(=O)=O. The lowest BCUT2D eigenvalue weighted by Gasteiger charge is -2.38. The van der Waals surface area contributed by atoms with Crippen molar-refractivity contribution in [2.24, 2.45) is 11.3 Å². The molecule has 0 aromatic heterocycles. The van der Waals surface area contributed by atoms with Crippen molar-refractivity contribution in [2.75, 3.05) is 0 Å². The van der Waals surface area contributed by atoms with Crippen LogP contribution in [0.15, 0.2) is 0 Å². The molecule has 2 fully saturated rings. The molecule has 18 heavy (non-hydrogen) atoms. The highest BCUT2D eigenvalue weighted by Crippen LogP contribution is 2.40. The standard InChI is InChI=1S/C14H24O3S/c1-14(2,3)9-13(15)10-7-11-5-4-6-12(8-10)18(11,16)17/h10-12H,4-9H2,1-3H3. The normalized spacial score (nSPS) is 35.2. The minimum atomic E-state index is -2.93. The second-order valence-electron chi connectivity index (χ2n) is 7.14. The molecule has 2 aliphatic heterocycles. The van der Waals surface area contributed by atoms with Crippen molar-refractivity contribution in [2.45, 2.75) is 69.8 Å². The van der Waals surface area contributed by atoms with Gasteiger partial charge in [0.15, 0.2) is 9.84 Å². The summed E-state index contributed by atoms with van der Waals surface area (Å²) in [4.78, 5) is 12.3. The predicted octanol–water partition coefficient (Wildman–Crippen LogP) is 2.74. The topological polar surface area (TPSA) is 51.2 Å². The fourth-order valence-electron chi connectivity index (χ4n) is 3.34. The van der Waals surface area contributed by atoms with Crippen molar-refractivity contribution >= 4 is 15.6 Å². The van der Waals surface area contributed by atoms with Crippen molar-refractivity contribution in [3.05, 3.63) is 0 Å². The Kier molecular flexibility index (Phi) is 3.60. The molecule has 0 amide bonds. The molecule has 0 radical (unpaired) electrons. The first kappa shape index (κ1) is 14.0. The Balaban J connectivity index is 2.09. The van der Waals surface area contributed by atoms with Gasteiger partial charge in [0.2, 0.25) is 0 Å². The zero-order valence-corrected chi connectivity index (χ0v) is 12.4. The number of carbonyl (C=O) groups is 1. The molecule has 2 aliphatic rings. The van der Waals surface area contributed by atoms with E-state index in [1.165, 1.54) is 0 Å². The summed E-state index contributed by atoms with van der Waals surface area (Å²) in [6.07, 6.45) is 4.25. The monoisotopic (exact) mass is 272 g/mol. The number of Topliss-reactive ketones (excluding diaryl/α,β-unsaturated/α-hetero) is 1. The van der Waals surface area contributed by atoms with Crippen LogP contribution in [0.3, 0.4) is 0 Å². The molecule has 0 aromatic carbocycles. The average Bonchev–Trinajstić information content (AvgIpc) is 2.11. The number of sulfone groups is 1. The van der Waals surface area contributed by atoms with Gasteiger partial charge in [-0.25, -0.2) is 8.42 Å². The lowest BCUT2D eigenvalue weighted by atomic mass is 9.80. The maximum absolute atomic E-state index is 12.3. The summed E-state index contributed by atoms with van der Waals surface area (Å²) in [6, 6.07) is 0. The Morgan fingerprint density at radius 2 is 1.61 bits per heavy atom. The van der Waals surface area contributed by atoms with Gasteiger partial charge in [-0.05, 0) is 31.1 Å². The predicted molar refractivity (Wildman–Crippen MR) is 72.1 cm³/mol. The van der Waals surface area contributed by atoms with Crippen LogP contribution in [-0.4, -0.2) is 24.7 Å². The molecule has 2 heterocycles. The summed E-state index contributed by atoms with van der Waals surface area (Å²) in [5, 5.41) is -0.474. The fourth-order valence-corrected chi connectivity index (χ4v) is 5.87. The maximum Gasteiger partial charge on any atom is 0.156 e. The first-order valence-corrected chi connectivity index (χ1v) is 8.56. The molecule has 0 aromatic rings. The van der Waals surface area contributed by atoms with E-state index in [9.17, 15) is 13.2 Å². The fraction of sp³-hybridized carbons (Fsp3) is 0.929. The summed E-state index contributed by atoms with van der Waals surface area (Å²) < 4.78 is 24.3.